The number of nitrogens with zero attached hydrogens (tertiary/aromatic N) is 5. The first-order valence-corrected chi connectivity index (χ1v) is 8.52. The van der Waals surface area contributed by atoms with Crippen LogP contribution in [0.1, 0.15) is 22.1 Å². The molecule has 0 bridgehead atoms. The molecule has 2 N–H and O–H groups in total. The molecule has 0 spiro atoms. The molecule has 4 aromatic rings. The van der Waals surface area contributed by atoms with Crippen LogP contribution in [0, 0.1) is 13.8 Å². The Kier molecular flexibility index (Phi) is 4.55. The van der Waals surface area contributed by atoms with E-state index >= 15 is 0 Å². The standard InChI is InChI=1S/C19H17N7O2/c1-12-9-16(25-28-12)19(27)24-15-5-3-14(4-6-15)23-17-10-18(22-11-21-17)26-8-7-20-13(26)2/h3-11H,1-2H3,(H,24,27)(H,21,22,23). The van der Waals surface area contributed by atoms with Crippen LogP contribution >= 0.6 is 0 Å². The van der Waals surface area contributed by atoms with Crippen molar-refractivity contribution in [3.63, 3.8) is 0 Å². The highest BCUT2D eigenvalue weighted by Gasteiger charge is 2.11. The van der Waals surface area contributed by atoms with Crippen LogP contribution in [0.15, 0.2) is 59.6 Å². The molecule has 28 heavy (non-hydrogen) atoms. The molecule has 1 aromatic carbocycles. The number of rotatable bonds is 5. The molecule has 0 unspecified atom stereocenters. The fourth-order valence-electron chi connectivity index (χ4n) is 2.62. The van der Waals surface area contributed by atoms with Crippen molar-refractivity contribution in [2.24, 2.45) is 0 Å². The lowest BCUT2D eigenvalue weighted by Gasteiger charge is -2.09. The van der Waals surface area contributed by atoms with Gasteiger partial charge < -0.3 is 15.2 Å². The number of carbonyl (C=O) groups excluding carboxylic acids is 1. The average molecular weight is 375 g/mol. The molecule has 0 aliphatic carbocycles. The van der Waals surface area contributed by atoms with E-state index in [9.17, 15) is 4.79 Å². The topological polar surface area (TPSA) is 111 Å². The summed E-state index contributed by atoms with van der Waals surface area (Å²) >= 11 is 0. The van der Waals surface area contributed by atoms with Gasteiger partial charge in [-0.25, -0.2) is 15.0 Å². The third-order valence-corrected chi connectivity index (χ3v) is 4.00. The molecular formula is C19H17N7O2. The van der Waals surface area contributed by atoms with Gasteiger partial charge in [0.2, 0.25) is 0 Å². The van der Waals surface area contributed by atoms with Gasteiger partial charge in [-0.05, 0) is 38.1 Å². The van der Waals surface area contributed by atoms with E-state index in [4.69, 9.17) is 4.52 Å². The number of amides is 1. The Hall–Kier alpha value is -4.01. The molecule has 9 heteroatoms. The lowest BCUT2D eigenvalue weighted by atomic mass is 10.2. The number of aryl methyl sites for hydroxylation is 2. The van der Waals surface area contributed by atoms with Gasteiger partial charge in [-0.3, -0.25) is 9.36 Å². The monoisotopic (exact) mass is 375 g/mol. The van der Waals surface area contributed by atoms with E-state index in [1.165, 1.54) is 6.33 Å². The quantitative estimate of drug-likeness (QED) is 0.551. The zero-order valence-corrected chi connectivity index (χ0v) is 15.2. The molecule has 0 aliphatic heterocycles. The summed E-state index contributed by atoms with van der Waals surface area (Å²) in [5.41, 5.74) is 1.71. The van der Waals surface area contributed by atoms with E-state index in [2.05, 4.69) is 30.7 Å². The summed E-state index contributed by atoms with van der Waals surface area (Å²) in [6, 6.07) is 10.7. The minimum atomic E-state index is -0.325. The molecule has 0 fully saturated rings. The Morgan fingerprint density at radius 1 is 1.04 bits per heavy atom. The zero-order valence-electron chi connectivity index (χ0n) is 15.2. The molecule has 0 saturated heterocycles. The van der Waals surface area contributed by atoms with E-state index in [1.807, 2.05) is 35.9 Å². The highest BCUT2D eigenvalue weighted by atomic mass is 16.5. The Balaban J connectivity index is 1.45. The molecule has 0 atom stereocenters. The van der Waals surface area contributed by atoms with Gasteiger partial charge in [-0.1, -0.05) is 5.16 Å². The predicted molar refractivity (Wildman–Crippen MR) is 103 cm³/mol. The molecule has 0 radical (unpaired) electrons. The predicted octanol–water partition coefficient (Wildman–Crippen LogP) is 3.26. The van der Waals surface area contributed by atoms with Crippen LogP contribution in [-0.2, 0) is 0 Å². The summed E-state index contributed by atoms with van der Waals surface area (Å²) in [6.07, 6.45) is 5.05. The third-order valence-electron chi connectivity index (χ3n) is 4.00. The number of carbonyl (C=O) groups is 1. The van der Waals surface area contributed by atoms with Gasteiger partial charge in [0, 0.05) is 35.9 Å². The molecule has 3 heterocycles. The summed E-state index contributed by atoms with van der Waals surface area (Å²) < 4.78 is 6.79. The van der Waals surface area contributed by atoms with Crippen LogP contribution in [0.5, 0.6) is 0 Å². The maximum Gasteiger partial charge on any atom is 0.277 e. The second kappa shape index (κ2) is 7.31. The van der Waals surface area contributed by atoms with Crippen molar-refractivity contribution in [2.45, 2.75) is 13.8 Å². The Bertz CT molecular complexity index is 1120. The Morgan fingerprint density at radius 2 is 1.82 bits per heavy atom. The SMILES string of the molecule is Cc1cc(C(=O)Nc2ccc(Nc3cc(-n4ccnc4C)ncn3)cc2)no1. The normalized spacial score (nSPS) is 10.6. The molecule has 0 saturated carbocycles. The smallest absolute Gasteiger partial charge is 0.277 e. The van der Waals surface area contributed by atoms with Gasteiger partial charge in [0.25, 0.3) is 5.91 Å². The summed E-state index contributed by atoms with van der Waals surface area (Å²) in [5.74, 6) is 2.47. The van der Waals surface area contributed by atoms with E-state index in [1.54, 1.807) is 31.3 Å². The van der Waals surface area contributed by atoms with Crippen molar-refractivity contribution >= 4 is 23.1 Å². The van der Waals surface area contributed by atoms with Crippen LogP contribution < -0.4 is 10.6 Å². The lowest BCUT2D eigenvalue weighted by molar-refractivity contribution is 0.101. The van der Waals surface area contributed by atoms with Gasteiger partial charge in [-0.15, -0.1) is 0 Å². The molecule has 9 nitrogen and oxygen atoms in total. The maximum atomic E-state index is 12.1. The highest BCUT2D eigenvalue weighted by molar-refractivity contribution is 6.02. The van der Waals surface area contributed by atoms with Crippen LogP contribution in [-0.4, -0.2) is 30.6 Å². The van der Waals surface area contributed by atoms with Gasteiger partial charge in [0.05, 0.1) is 0 Å². The summed E-state index contributed by atoms with van der Waals surface area (Å²) in [5, 5.41) is 9.69. The molecule has 4 rings (SSSR count). The van der Waals surface area contributed by atoms with Crippen molar-refractivity contribution in [3.8, 4) is 5.82 Å². The molecule has 0 aliphatic rings. The number of aromatic nitrogens is 5. The second-order valence-electron chi connectivity index (χ2n) is 6.09. The van der Waals surface area contributed by atoms with E-state index < -0.39 is 0 Å². The minimum Gasteiger partial charge on any atom is -0.361 e. The third kappa shape index (κ3) is 3.73. The Morgan fingerprint density at radius 3 is 2.50 bits per heavy atom. The Labute approximate surface area is 160 Å². The summed E-state index contributed by atoms with van der Waals surface area (Å²) in [4.78, 5) is 24.8. The van der Waals surface area contributed by atoms with E-state index in [0.717, 1.165) is 17.3 Å². The van der Waals surface area contributed by atoms with Crippen LogP contribution in [0.25, 0.3) is 5.82 Å². The molecular weight excluding hydrogens is 358 g/mol. The second-order valence-corrected chi connectivity index (χ2v) is 6.09. The van der Waals surface area contributed by atoms with Crippen molar-refractivity contribution in [3.05, 3.63) is 72.4 Å². The van der Waals surface area contributed by atoms with Crippen molar-refractivity contribution < 1.29 is 9.32 Å². The number of hydrogen-bond donors (Lipinski definition) is 2. The first kappa shape index (κ1) is 17.4. The zero-order chi connectivity index (χ0) is 19.5. The molecule has 1 amide bonds. The number of nitrogens with one attached hydrogen (secondary N) is 2. The van der Waals surface area contributed by atoms with Gasteiger partial charge in [-0.2, -0.15) is 0 Å². The summed E-state index contributed by atoms with van der Waals surface area (Å²) in [6.45, 7) is 3.64. The van der Waals surface area contributed by atoms with Crippen molar-refractivity contribution in [1.82, 2.24) is 24.7 Å². The largest absolute Gasteiger partial charge is 0.361 e. The van der Waals surface area contributed by atoms with Crippen molar-refractivity contribution in [2.75, 3.05) is 10.6 Å². The van der Waals surface area contributed by atoms with Crippen molar-refractivity contribution in [1.29, 1.82) is 0 Å². The fourth-order valence-corrected chi connectivity index (χ4v) is 2.62. The highest BCUT2D eigenvalue weighted by Crippen LogP contribution is 2.19. The number of anilines is 3. The van der Waals surface area contributed by atoms with E-state index in [0.29, 0.717) is 17.3 Å². The van der Waals surface area contributed by atoms with Gasteiger partial charge in [0.1, 0.15) is 29.5 Å². The van der Waals surface area contributed by atoms with Crippen LogP contribution in [0.3, 0.4) is 0 Å². The minimum absolute atomic E-state index is 0.239. The van der Waals surface area contributed by atoms with Crippen LogP contribution in [0.4, 0.5) is 17.2 Å². The fraction of sp³-hybridized carbons (Fsp3) is 0.105. The first-order valence-electron chi connectivity index (χ1n) is 8.52. The lowest BCUT2D eigenvalue weighted by Crippen LogP contribution is -2.12. The number of imidazole rings is 1. The average Bonchev–Trinajstić information content (AvgIpc) is 3.32. The first-order chi connectivity index (χ1) is 13.6. The molecule has 140 valence electrons. The number of benzene rings is 1. The van der Waals surface area contributed by atoms with Gasteiger partial charge >= 0.3 is 0 Å². The van der Waals surface area contributed by atoms with Crippen LogP contribution in [0.2, 0.25) is 0 Å². The van der Waals surface area contributed by atoms with E-state index in [-0.39, 0.29) is 11.6 Å². The number of hydrogen-bond acceptors (Lipinski definition) is 7. The molecule has 3 aromatic heterocycles. The summed E-state index contributed by atoms with van der Waals surface area (Å²) in [7, 11) is 0. The van der Waals surface area contributed by atoms with Gasteiger partial charge in [0.15, 0.2) is 5.69 Å². The maximum absolute atomic E-state index is 12.1.